The van der Waals surface area contributed by atoms with Crippen LogP contribution < -0.4 is 15.6 Å². The van der Waals surface area contributed by atoms with Crippen LogP contribution in [-0.4, -0.2) is 20.8 Å². The van der Waals surface area contributed by atoms with E-state index in [4.69, 9.17) is 21.4 Å². The predicted molar refractivity (Wildman–Crippen MR) is 106 cm³/mol. The number of benzene rings is 2. The summed E-state index contributed by atoms with van der Waals surface area (Å²) in [6.07, 6.45) is -3.77. The quantitative estimate of drug-likeness (QED) is 0.539. The van der Waals surface area contributed by atoms with Crippen molar-refractivity contribution in [3.05, 3.63) is 80.5 Å². The number of nitrogens with zero attached hydrogens (tertiary/aromatic N) is 2. The lowest BCUT2D eigenvalue weighted by Gasteiger charge is -2.17. The van der Waals surface area contributed by atoms with Crippen molar-refractivity contribution < 1.29 is 32.2 Å². The number of halogens is 5. The number of ether oxygens (including phenoxy) is 1. The second kappa shape index (κ2) is 8.97. The van der Waals surface area contributed by atoms with Gasteiger partial charge < -0.3 is 15.2 Å². The summed E-state index contributed by atoms with van der Waals surface area (Å²) in [5.74, 6) is -2.00. The highest BCUT2D eigenvalue weighted by Gasteiger charge is 2.35. The van der Waals surface area contributed by atoms with E-state index >= 15 is 0 Å². The first kappa shape index (κ1) is 23.2. The van der Waals surface area contributed by atoms with Crippen molar-refractivity contribution in [1.29, 1.82) is 0 Å². The van der Waals surface area contributed by atoms with Crippen molar-refractivity contribution in [2.45, 2.75) is 19.8 Å². The highest BCUT2D eigenvalue weighted by Crippen LogP contribution is 2.40. The highest BCUT2D eigenvalue weighted by molar-refractivity contribution is 6.32. The van der Waals surface area contributed by atoms with Crippen LogP contribution in [0.5, 0.6) is 11.5 Å². The van der Waals surface area contributed by atoms with Gasteiger partial charge in [0.25, 0.3) is 11.5 Å². The molecule has 1 aromatic heterocycles. The van der Waals surface area contributed by atoms with E-state index in [1.165, 1.54) is 13.0 Å². The van der Waals surface area contributed by atoms with Gasteiger partial charge in [-0.1, -0.05) is 11.6 Å². The van der Waals surface area contributed by atoms with Gasteiger partial charge in [-0.15, -0.1) is 0 Å². The monoisotopic (exact) mass is 471 g/mol. The topological polar surface area (TPSA) is 93.4 Å². The van der Waals surface area contributed by atoms with Crippen LogP contribution in [0.2, 0.25) is 5.02 Å². The highest BCUT2D eigenvalue weighted by atomic mass is 35.5. The number of hydrogen-bond acceptors (Lipinski definition) is 5. The molecule has 1 amide bonds. The van der Waals surface area contributed by atoms with Crippen LogP contribution in [0.15, 0.2) is 47.4 Å². The Bertz CT molecular complexity index is 1240. The zero-order chi connectivity index (χ0) is 23.6. The third-order valence-electron chi connectivity index (χ3n) is 4.24. The molecule has 0 aliphatic rings. The van der Waals surface area contributed by atoms with Crippen LogP contribution in [0.4, 0.5) is 23.2 Å². The van der Waals surface area contributed by atoms with E-state index in [-0.39, 0.29) is 22.6 Å². The molecule has 1 heterocycles. The third-order valence-corrected chi connectivity index (χ3v) is 4.55. The maximum Gasteiger partial charge on any atom is 0.417 e. The molecule has 3 rings (SSSR count). The van der Waals surface area contributed by atoms with Gasteiger partial charge in [0.05, 0.1) is 28.0 Å². The Hall–Kier alpha value is -3.44. The molecule has 0 aliphatic carbocycles. The fourth-order valence-corrected chi connectivity index (χ4v) is 2.96. The Morgan fingerprint density at radius 2 is 1.94 bits per heavy atom. The van der Waals surface area contributed by atoms with Gasteiger partial charge in [-0.3, -0.25) is 9.59 Å². The maximum absolute atomic E-state index is 13.4. The Morgan fingerprint density at radius 3 is 2.53 bits per heavy atom. The smallest absolute Gasteiger partial charge is 0.417 e. The van der Waals surface area contributed by atoms with Crippen LogP contribution in [-0.2, 0) is 12.9 Å². The van der Waals surface area contributed by atoms with Crippen molar-refractivity contribution >= 4 is 23.2 Å². The van der Waals surface area contributed by atoms with Crippen molar-refractivity contribution in [3.8, 4) is 11.5 Å². The van der Waals surface area contributed by atoms with Gasteiger partial charge in [0.2, 0.25) is 0 Å². The standard InChI is InChI=1S/C20H14ClF4N3O4/c1-10-4-11(22)2-3-16(10)32-17-7-14(20(23,24)25)15(21)6-13(17)19(31)27-12-5-18(30)28(9-29)26-8-12/h2-8,29H,9H2,1H3,(H,27,31). The molecule has 0 unspecified atom stereocenters. The van der Waals surface area contributed by atoms with Crippen LogP contribution in [0.3, 0.4) is 0 Å². The lowest BCUT2D eigenvalue weighted by molar-refractivity contribution is -0.137. The summed E-state index contributed by atoms with van der Waals surface area (Å²) < 4.78 is 59.6. The SMILES string of the molecule is Cc1cc(F)ccc1Oc1cc(C(F)(F)F)c(Cl)cc1C(=O)Nc1cnn(CO)c(=O)c1. The summed E-state index contributed by atoms with van der Waals surface area (Å²) in [6, 6.07) is 5.64. The fourth-order valence-electron chi connectivity index (χ4n) is 2.68. The van der Waals surface area contributed by atoms with Gasteiger partial charge in [0.15, 0.2) is 0 Å². The molecular weight excluding hydrogens is 458 g/mol. The second-order valence-corrected chi connectivity index (χ2v) is 6.92. The minimum absolute atomic E-state index is 0.0168. The Balaban J connectivity index is 2.04. The van der Waals surface area contributed by atoms with E-state index in [0.717, 1.165) is 30.5 Å². The molecule has 0 spiro atoms. The van der Waals surface area contributed by atoms with E-state index in [1.807, 2.05) is 0 Å². The summed E-state index contributed by atoms with van der Waals surface area (Å²) in [4.78, 5) is 24.5. The third kappa shape index (κ3) is 5.06. The number of anilines is 1. The number of aliphatic hydroxyl groups excluding tert-OH is 1. The second-order valence-electron chi connectivity index (χ2n) is 6.52. The van der Waals surface area contributed by atoms with Crippen LogP contribution in [0.1, 0.15) is 21.5 Å². The number of carbonyl (C=O) groups is 1. The largest absolute Gasteiger partial charge is 0.456 e. The summed E-state index contributed by atoms with van der Waals surface area (Å²) in [5, 5.41) is 14.1. The molecule has 0 saturated carbocycles. The van der Waals surface area contributed by atoms with Crippen LogP contribution in [0, 0.1) is 12.7 Å². The van der Waals surface area contributed by atoms with Crippen molar-refractivity contribution in [1.82, 2.24) is 9.78 Å². The van der Waals surface area contributed by atoms with Crippen molar-refractivity contribution in [2.24, 2.45) is 0 Å². The normalized spacial score (nSPS) is 11.3. The number of alkyl halides is 3. The van der Waals surface area contributed by atoms with Gasteiger partial charge >= 0.3 is 6.18 Å². The van der Waals surface area contributed by atoms with Gasteiger partial charge in [0, 0.05) is 6.07 Å². The van der Waals surface area contributed by atoms with Gasteiger partial charge in [0.1, 0.15) is 24.0 Å². The molecule has 0 bridgehead atoms. The van der Waals surface area contributed by atoms with Crippen molar-refractivity contribution in [3.63, 3.8) is 0 Å². The van der Waals surface area contributed by atoms with Crippen LogP contribution >= 0.6 is 11.6 Å². The van der Waals surface area contributed by atoms with E-state index in [0.29, 0.717) is 10.7 Å². The Labute approximate surface area is 182 Å². The molecule has 168 valence electrons. The maximum atomic E-state index is 13.4. The molecule has 0 aliphatic heterocycles. The van der Waals surface area contributed by atoms with Gasteiger partial charge in [-0.2, -0.15) is 18.3 Å². The van der Waals surface area contributed by atoms with Gasteiger partial charge in [-0.25, -0.2) is 9.07 Å². The van der Waals surface area contributed by atoms with E-state index < -0.39 is 46.5 Å². The van der Waals surface area contributed by atoms with Crippen molar-refractivity contribution in [2.75, 3.05) is 5.32 Å². The number of amides is 1. The molecule has 12 heteroatoms. The lowest BCUT2D eigenvalue weighted by atomic mass is 10.1. The molecule has 32 heavy (non-hydrogen) atoms. The molecule has 0 radical (unpaired) electrons. The number of nitrogens with one attached hydrogen (secondary N) is 1. The van der Waals surface area contributed by atoms with Crippen LogP contribution in [0.25, 0.3) is 0 Å². The first-order valence-corrected chi connectivity index (χ1v) is 9.21. The summed E-state index contributed by atoms with van der Waals surface area (Å²) >= 11 is 5.75. The minimum atomic E-state index is -4.83. The number of rotatable bonds is 5. The zero-order valence-electron chi connectivity index (χ0n) is 16.2. The van der Waals surface area contributed by atoms with E-state index in [1.54, 1.807) is 0 Å². The number of aliphatic hydroxyl groups is 1. The van der Waals surface area contributed by atoms with E-state index in [9.17, 15) is 27.2 Å². The number of aromatic nitrogens is 2. The van der Waals surface area contributed by atoms with E-state index in [2.05, 4.69) is 10.4 Å². The molecule has 7 nitrogen and oxygen atoms in total. The molecule has 2 aromatic carbocycles. The predicted octanol–water partition coefficient (Wildman–Crippen LogP) is 4.36. The molecule has 3 aromatic rings. The Morgan fingerprint density at radius 1 is 1.22 bits per heavy atom. The number of aryl methyl sites for hydroxylation is 1. The zero-order valence-corrected chi connectivity index (χ0v) is 17.0. The first-order chi connectivity index (χ1) is 15.0. The average molecular weight is 472 g/mol. The molecule has 0 atom stereocenters. The molecule has 0 fully saturated rings. The first-order valence-electron chi connectivity index (χ1n) is 8.83. The van der Waals surface area contributed by atoms with Gasteiger partial charge in [-0.05, 0) is 42.8 Å². The Kier molecular flexibility index (Phi) is 6.51. The fraction of sp³-hybridized carbons (Fsp3) is 0.150. The summed E-state index contributed by atoms with van der Waals surface area (Å²) in [6.45, 7) is 0.789. The average Bonchev–Trinajstić information content (AvgIpc) is 2.70. The lowest BCUT2D eigenvalue weighted by Crippen LogP contribution is -2.23. The molecular formula is C20H14ClF4N3O4. The molecule has 0 saturated heterocycles. The summed E-state index contributed by atoms with van der Waals surface area (Å²) in [5.41, 5.74) is -2.15. The minimum Gasteiger partial charge on any atom is -0.456 e. The number of hydrogen-bond donors (Lipinski definition) is 2. The number of carbonyl (C=O) groups excluding carboxylic acids is 1. The summed E-state index contributed by atoms with van der Waals surface area (Å²) in [7, 11) is 0. The molecule has 2 N–H and O–H groups in total.